The molecule has 13 heavy (non-hydrogen) atoms. The van der Waals surface area contributed by atoms with Crippen LogP contribution >= 0.6 is 27.5 Å². The maximum Gasteiger partial charge on any atom is 0.0720 e. The minimum atomic E-state index is 0.756. The van der Waals surface area contributed by atoms with Crippen molar-refractivity contribution in [2.24, 2.45) is 0 Å². The van der Waals surface area contributed by atoms with E-state index in [1.165, 1.54) is 0 Å². The minimum Gasteiger partial charge on any atom is -0.252 e. The van der Waals surface area contributed by atoms with Crippen LogP contribution in [0, 0.1) is 0 Å². The van der Waals surface area contributed by atoms with Crippen LogP contribution in [-0.4, -0.2) is 4.98 Å². The first-order valence-corrected chi connectivity index (χ1v) is 5.41. The van der Waals surface area contributed by atoms with Crippen molar-refractivity contribution in [3.8, 4) is 0 Å². The molecule has 2 rings (SSSR count). The van der Waals surface area contributed by atoms with Gasteiger partial charge in [-0.25, -0.2) is 0 Å². The number of fused-ring (bicyclic) bond motifs is 1. The van der Waals surface area contributed by atoms with Gasteiger partial charge in [-0.1, -0.05) is 33.6 Å². The summed E-state index contributed by atoms with van der Waals surface area (Å²) in [6.45, 7) is 0. The van der Waals surface area contributed by atoms with E-state index in [2.05, 4.69) is 20.9 Å². The Kier molecular flexibility index (Phi) is 2.51. The molecule has 0 N–H and O–H groups in total. The molecule has 0 aliphatic rings. The van der Waals surface area contributed by atoms with Crippen molar-refractivity contribution in [2.75, 3.05) is 0 Å². The van der Waals surface area contributed by atoms with E-state index in [1.807, 2.05) is 30.3 Å². The molecule has 2 aromatic rings. The lowest BCUT2D eigenvalue weighted by Gasteiger charge is -2.00. The first-order valence-electron chi connectivity index (χ1n) is 3.91. The number of alkyl halides is 1. The van der Waals surface area contributed by atoms with Gasteiger partial charge in [-0.05, 0) is 24.3 Å². The summed E-state index contributed by atoms with van der Waals surface area (Å²) in [5.74, 6) is 0. The fourth-order valence-corrected chi connectivity index (χ4v) is 1.78. The van der Waals surface area contributed by atoms with Crippen molar-refractivity contribution in [2.45, 2.75) is 5.33 Å². The van der Waals surface area contributed by atoms with Gasteiger partial charge in [0, 0.05) is 15.7 Å². The number of rotatable bonds is 1. The molecular formula is C10H7BrClN. The van der Waals surface area contributed by atoms with Crippen molar-refractivity contribution in [3.05, 3.63) is 41.0 Å². The molecule has 0 radical (unpaired) electrons. The van der Waals surface area contributed by atoms with E-state index in [0.29, 0.717) is 0 Å². The molecule has 0 bridgehead atoms. The van der Waals surface area contributed by atoms with E-state index in [4.69, 9.17) is 11.6 Å². The Bertz CT molecular complexity index is 442. The standard InChI is InChI=1S/C10H7BrClN/c11-6-7-4-5-8-9(12)2-1-3-10(8)13-7/h1-5H,6H2. The highest BCUT2D eigenvalue weighted by Crippen LogP contribution is 2.22. The Labute approximate surface area is 89.9 Å². The number of benzene rings is 1. The second kappa shape index (κ2) is 3.64. The lowest BCUT2D eigenvalue weighted by atomic mass is 10.2. The molecule has 1 aromatic carbocycles. The van der Waals surface area contributed by atoms with Crippen LogP contribution in [0.4, 0.5) is 0 Å². The zero-order chi connectivity index (χ0) is 9.26. The van der Waals surface area contributed by atoms with Crippen molar-refractivity contribution in [1.29, 1.82) is 0 Å². The summed E-state index contributed by atoms with van der Waals surface area (Å²) in [4.78, 5) is 4.42. The molecule has 1 heterocycles. The first kappa shape index (κ1) is 8.97. The Hall–Kier alpha value is -0.600. The SMILES string of the molecule is Clc1cccc2nc(CBr)ccc12. The summed E-state index contributed by atoms with van der Waals surface area (Å²) >= 11 is 9.37. The Morgan fingerprint density at radius 2 is 2.08 bits per heavy atom. The molecule has 0 amide bonds. The summed E-state index contributed by atoms with van der Waals surface area (Å²) in [5, 5.41) is 2.54. The lowest BCUT2D eigenvalue weighted by Crippen LogP contribution is -1.85. The molecule has 0 fully saturated rings. The van der Waals surface area contributed by atoms with Gasteiger partial charge in [-0.2, -0.15) is 0 Å². The normalized spacial score (nSPS) is 10.6. The molecule has 0 saturated carbocycles. The second-order valence-corrected chi connectivity index (χ2v) is 3.71. The van der Waals surface area contributed by atoms with E-state index in [9.17, 15) is 0 Å². The number of hydrogen-bond acceptors (Lipinski definition) is 1. The molecule has 1 nitrogen and oxygen atoms in total. The topological polar surface area (TPSA) is 12.9 Å². The average molecular weight is 257 g/mol. The summed E-state index contributed by atoms with van der Waals surface area (Å²) in [6, 6.07) is 9.73. The monoisotopic (exact) mass is 255 g/mol. The van der Waals surface area contributed by atoms with Crippen LogP contribution in [0.15, 0.2) is 30.3 Å². The number of hydrogen-bond donors (Lipinski definition) is 0. The zero-order valence-electron chi connectivity index (χ0n) is 6.80. The Morgan fingerprint density at radius 1 is 1.23 bits per heavy atom. The molecule has 0 aliphatic heterocycles. The lowest BCUT2D eigenvalue weighted by molar-refractivity contribution is 1.24. The van der Waals surface area contributed by atoms with Crippen LogP contribution in [0.25, 0.3) is 10.9 Å². The molecule has 0 aliphatic carbocycles. The maximum absolute atomic E-state index is 6.00. The predicted molar refractivity (Wildman–Crippen MR) is 59.4 cm³/mol. The number of aromatic nitrogens is 1. The van der Waals surface area contributed by atoms with Crippen molar-refractivity contribution < 1.29 is 0 Å². The summed E-state index contributed by atoms with van der Waals surface area (Å²) in [5.41, 5.74) is 1.97. The van der Waals surface area contributed by atoms with Crippen LogP contribution in [0.5, 0.6) is 0 Å². The smallest absolute Gasteiger partial charge is 0.0720 e. The molecular weight excluding hydrogens is 249 g/mol. The maximum atomic E-state index is 6.00. The molecule has 0 unspecified atom stereocenters. The third-order valence-electron chi connectivity index (χ3n) is 1.87. The summed E-state index contributed by atoms with van der Waals surface area (Å²) < 4.78 is 0. The highest BCUT2D eigenvalue weighted by Gasteiger charge is 1.99. The van der Waals surface area contributed by atoms with Gasteiger partial charge in [0.25, 0.3) is 0 Å². The fourth-order valence-electron chi connectivity index (χ4n) is 1.23. The Morgan fingerprint density at radius 3 is 2.85 bits per heavy atom. The van der Waals surface area contributed by atoms with Gasteiger partial charge in [-0.3, -0.25) is 4.98 Å². The van der Waals surface area contributed by atoms with Gasteiger partial charge in [0.15, 0.2) is 0 Å². The van der Waals surface area contributed by atoms with E-state index in [-0.39, 0.29) is 0 Å². The van der Waals surface area contributed by atoms with Gasteiger partial charge < -0.3 is 0 Å². The van der Waals surface area contributed by atoms with Crippen molar-refractivity contribution >= 4 is 38.4 Å². The molecule has 66 valence electrons. The quantitative estimate of drug-likeness (QED) is 0.708. The third kappa shape index (κ3) is 1.69. The zero-order valence-corrected chi connectivity index (χ0v) is 9.14. The van der Waals surface area contributed by atoms with Gasteiger partial charge in [0.05, 0.1) is 11.2 Å². The van der Waals surface area contributed by atoms with Crippen LogP contribution in [0.2, 0.25) is 5.02 Å². The highest BCUT2D eigenvalue weighted by molar-refractivity contribution is 9.08. The first-order chi connectivity index (χ1) is 6.31. The largest absolute Gasteiger partial charge is 0.252 e. The van der Waals surface area contributed by atoms with Crippen LogP contribution in [0.3, 0.4) is 0 Å². The minimum absolute atomic E-state index is 0.756. The van der Waals surface area contributed by atoms with E-state index < -0.39 is 0 Å². The number of pyridine rings is 1. The number of halogens is 2. The molecule has 0 spiro atoms. The average Bonchev–Trinajstić information content (AvgIpc) is 2.18. The van der Waals surface area contributed by atoms with Crippen LogP contribution < -0.4 is 0 Å². The summed E-state index contributed by atoms with van der Waals surface area (Å²) in [7, 11) is 0. The van der Waals surface area contributed by atoms with E-state index in [1.54, 1.807) is 0 Å². The molecule has 3 heteroatoms. The molecule has 0 atom stereocenters. The summed E-state index contributed by atoms with van der Waals surface area (Å²) in [6.07, 6.45) is 0. The molecule has 0 saturated heterocycles. The second-order valence-electron chi connectivity index (χ2n) is 2.74. The van der Waals surface area contributed by atoms with E-state index >= 15 is 0 Å². The number of nitrogens with zero attached hydrogens (tertiary/aromatic N) is 1. The highest BCUT2D eigenvalue weighted by atomic mass is 79.9. The van der Waals surface area contributed by atoms with Gasteiger partial charge in [0.1, 0.15) is 0 Å². The van der Waals surface area contributed by atoms with Gasteiger partial charge >= 0.3 is 0 Å². The van der Waals surface area contributed by atoms with Gasteiger partial charge in [0.2, 0.25) is 0 Å². The predicted octanol–water partition coefficient (Wildman–Crippen LogP) is 3.78. The van der Waals surface area contributed by atoms with Gasteiger partial charge in [-0.15, -0.1) is 0 Å². The van der Waals surface area contributed by atoms with E-state index in [0.717, 1.165) is 26.9 Å². The van der Waals surface area contributed by atoms with Crippen LogP contribution in [0.1, 0.15) is 5.69 Å². The van der Waals surface area contributed by atoms with Crippen molar-refractivity contribution in [1.82, 2.24) is 4.98 Å². The third-order valence-corrected chi connectivity index (χ3v) is 2.78. The molecule has 1 aromatic heterocycles. The van der Waals surface area contributed by atoms with Crippen LogP contribution in [-0.2, 0) is 5.33 Å². The Balaban J connectivity index is 2.72. The fraction of sp³-hybridized carbons (Fsp3) is 0.100. The van der Waals surface area contributed by atoms with Crippen molar-refractivity contribution in [3.63, 3.8) is 0 Å².